The number of thioether (sulfide) groups is 1. The third-order valence-corrected chi connectivity index (χ3v) is 8.31. The van der Waals surface area contributed by atoms with Crippen LogP contribution in [-0.2, 0) is 11.3 Å². The molecule has 0 spiro atoms. The van der Waals surface area contributed by atoms with Crippen molar-refractivity contribution in [3.05, 3.63) is 69.6 Å². The van der Waals surface area contributed by atoms with Crippen molar-refractivity contribution in [2.75, 3.05) is 11.5 Å². The quantitative estimate of drug-likeness (QED) is 0.480. The highest BCUT2D eigenvalue weighted by Crippen LogP contribution is 2.52. The summed E-state index contributed by atoms with van der Waals surface area (Å²) in [6, 6.07) is 14.5. The van der Waals surface area contributed by atoms with E-state index in [1.807, 2.05) is 48.2 Å². The molecule has 0 bridgehead atoms. The van der Waals surface area contributed by atoms with Gasteiger partial charge in [0.05, 0.1) is 23.6 Å². The fraction of sp³-hybridized carbons (Fsp3) is 0.385. The van der Waals surface area contributed by atoms with E-state index in [1.165, 1.54) is 21.8 Å². The Kier molecular flexibility index (Phi) is 6.39. The molecule has 33 heavy (non-hydrogen) atoms. The topological polar surface area (TPSA) is 49.9 Å². The molecular formula is C26H27ClN2O3S. The van der Waals surface area contributed by atoms with Crippen molar-refractivity contribution in [3.8, 4) is 5.75 Å². The summed E-state index contributed by atoms with van der Waals surface area (Å²) in [4.78, 5) is 32.2. The molecule has 0 aromatic heterocycles. The first-order valence-electron chi connectivity index (χ1n) is 11.6. The molecule has 2 aromatic rings. The molecule has 1 aliphatic carbocycles. The average Bonchev–Trinajstić information content (AvgIpc) is 3.02. The van der Waals surface area contributed by atoms with E-state index in [2.05, 4.69) is 0 Å². The highest BCUT2D eigenvalue weighted by atomic mass is 35.5. The number of nitrogens with zero attached hydrogens (tertiary/aromatic N) is 2. The Morgan fingerprint density at radius 1 is 1.00 bits per heavy atom. The van der Waals surface area contributed by atoms with Gasteiger partial charge in [-0.15, -0.1) is 11.8 Å². The zero-order valence-corrected chi connectivity index (χ0v) is 20.2. The van der Waals surface area contributed by atoms with Gasteiger partial charge in [0.15, 0.2) is 0 Å². The van der Waals surface area contributed by atoms with Gasteiger partial charge >= 0.3 is 6.03 Å². The number of rotatable bonds is 5. The maximum atomic E-state index is 13.8. The van der Waals surface area contributed by atoms with E-state index >= 15 is 0 Å². The Labute approximate surface area is 203 Å². The predicted molar refractivity (Wildman–Crippen MR) is 132 cm³/mol. The number of carbonyl (C=O) groups excluding carboxylic acids is 2. The van der Waals surface area contributed by atoms with Gasteiger partial charge in [-0.2, -0.15) is 0 Å². The Balaban J connectivity index is 1.52. The maximum absolute atomic E-state index is 13.8. The van der Waals surface area contributed by atoms with Gasteiger partial charge in [0.2, 0.25) is 5.91 Å². The Morgan fingerprint density at radius 3 is 2.45 bits per heavy atom. The number of hydrogen-bond donors (Lipinski definition) is 0. The highest BCUT2D eigenvalue weighted by molar-refractivity contribution is 8.04. The van der Waals surface area contributed by atoms with Crippen LogP contribution in [0.25, 0.3) is 0 Å². The molecule has 2 aromatic carbocycles. The smallest absolute Gasteiger partial charge is 0.332 e. The lowest BCUT2D eigenvalue weighted by atomic mass is 9.91. The minimum atomic E-state index is -0.292. The number of amides is 3. The summed E-state index contributed by atoms with van der Waals surface area (Å²) in [7, 11) is 0. The van der Waals surface area contributed by atoms with E-state index in [4.69, 9.17) is 16.3 Å². The number of urea groups is 1. The molecule has 2 heterocycles. The van der Waals surface area contributed by atoms with Crippen LogP contribution in [0.2, 0.25) is 5.02 Å². The van der Waals surface area contributed by atoms with E-state index < -0.39 is 0 Å². The van der Waals surface area contributed by atoms with Gasteiger partial charge in [-0.25, -0.2) is 9.69 Å². The summed E-state index contributed by atoms with van der Waals surface area (Å²) in [5.74, 6) is 0.319. The lowest BCUT2D eigenvalue weighted by molar-refractivity contribution is -0.122. The van der Waals surface area contributed by atoms with E-state index in [0.29, 0.717) is 23.9 Å². The van der Waals surface area contributed by atoms with E-state index in [1.54, 1.807) is 23.9 Å². The maximum Gasteiger partial charge on any atom is 0.332 e. The number of benzene rings is 2. The summed E-state index contributed by atoms with van der Waals surface area (Å²) in [5.41, 5.74) is 2.83. The Hall–Kier alpha value is -2.44. The van der Waals surface area contributed by atoms with Gasteiger partial charge in [0.1, 0.15) is 5.75 Å². The number of imide groups is 1. The number of anilines is 1. The highest BCUT2D eigenvalue weighted by Gasteiger charge is 2.52. The van der Waals surface area contributed by atoms with E-state index in [-0.39, 0.29) is 23.2 Å². The Morgan fingerprint density at radius 2 is 1.73 bits per heavy atom. The summed E-state index contributed by atoms with van der Waals surface area (Å²) < 4.78 is 5.55. The number of hydrogen-bond acceptors (Lipinski definition) is 4. The second-order valence-electron chi connectivity index (χ2n) is 8.63. The van der Waals surface area contributed by atoms with E-state index in [9.17, 15) is 9.59 Å². The number of carbonyl (C=O) groups is 2. The van der Waals surface area contributed by atoms with Crippen LogP contribution in [0.4, 0.5) is 10.5 Å². The summed E-state index contributed by atoms with van der Waals surface area (Å²) >= 11 is 7.80. The third-order valence-electron chi connectivity index (χ3n) is 6.53. The molecule has 7 heteroatoms. The van der Waals surface area contributed by atoms with Crippen LogP contribution >= 0.6 is 23.4 Å². The van der Waals surface area contributed by atoms with Gasteiger partial charge in [0, 0.05) is 11.6 Å². The molecule has 0 saturated carbocycles. The molecule has 0 radical (unpaired) electrons. The summed E-state index contributed by atoms with van der Waals surface area (Å²) in [6.07, 6.45) is 5.38. The normalized spacial score (nSPS) is 22.8. The minimum Gasteiger partial charge on any atom is -0.494 e. The van der Waals surface area contributed by atoms with Gasteiger partial charge < -0.3 is 9.64 Å². The molecular weight excluding hydrogens is 456 g/mol. The van der Waals surface area contributed by atoms with Crippen LogP contribution in [0, 0.1) is 5.92 Å². The van der Waals surface area contributed by atoms with Gasteiger partial charge in [0.25, 0.3) is 0 Å². The molecule has 0 N–H and O–H groups in total. The fourth-order valence-electron chi connectivity index (χ4n) is 4.95. The molecule has 5 rings (SSSR count). The van der Waals surface area contributed by atoms with Crippen molar-refractivity contribution in [3.63, 3.8) is 0 Å². The predicted octanol–water partition coefficient (Wildman–Crippen LogP) is 6.61. The fourth-order valence-corrected chi connectivity index (χ4v) is 6.72. The number of halogens is 1. The lowest BCUT2D eigenvalue weighted by Crippen LogP contribution is -2.60. The lowest BCUT2D eigenvalue weighted by Gasteiger charge is -2.42. The summed E-state index contributed by atoms with van der Waals surface area (Å²) in [6.45, 7) is 2.93. The Bertz CT molecular complexity index is 1080. The molecule has 1 fully saturated rings. The minimum absolute atomic E-state index is 0.110. The first kappa shape index (κ1) is 22.4. The summed E-state index contributed by atoms with van der Waals surface area (Å²) in [5, 5.41) is 0.471. The second-order valence-corrected chi connectivity index (χ2v) is 10.3. The van der Waals surface area contributed by atoms with Crippen molar-refractivity contribution < 1.29 is 14.3 Å². The zero-order valence-electron chi connectivity index (χ0n) is 18.6. The molecule has 1 saturated heterocycles. The van der Waals surface area contributed by atoms with Crippen molar-refractivity contribution in [1.82, 2.24) is 4.90 Å². The largest absolute Gasteiger partial charge is 0.494 e. The zero-order chi connectivity index (χ0) is 22.9. The molecule has 5 nitrogen and oxygen atoms in total. The SMILES string of the molecule is CCOc1ccc(N2C(=O)C3C4=C(CCCCC4)SC3N(Cc3ccc(Cl)cc3)C2=O)cc1. The van der Waals surface area contributed by atoms with Crippen LogP contribution in [0.3, 0.4) is 0 Å². The average molecular weight is 483 g/mol. The first-order valence-corrected chi connectivity index (χ1v) is 12.8. The number of fused-ring (bicyclic) bond motifs is 2. The van der Waals surface area contributed by atoms with Gasteiger partial charge in [-0.3, -0.25) is 4.79 Å². The monoisotopic (exact) mass is 482 g/mol. The van der Waals surface area contributed by atoms with Crippen molar-refractivity contribution in [2.24, 2.45) is 5.92 Å². The van der Waals surface area contributed by atoms with Gasteiger partial charge in [-0.05, 0) is 85.0 Å². The second kappa shape index (κ2) is 9.43. The molecule has 172 valence electrons. The van der Waals surface area contributed by atoms with Crippen LogP contribution in [0.15, 0.2) is 59.0 Å². The molecule has 3 aliphatic rings. The van der Waals surface area contributed by atoms with Gasteiger partial charge in [-0.1, -0.05) is 30.2 Å². The van der Waals surface area contributed by atoms with Crippen LogP contribution in [-0.4, -0.2) is 28.8 Å². The number of ether oxygens (including phenoxy) is 1. The van der Waals surface area contributed by atoms with Crippen LogP contribution in [0.1, 0.15) is 44.6 Å². The molecule has 2 aliphatic heterocycles. The molecule has 2 unspecified atom stereocenters. The first-order chi connectivity index (χ1) is 16.1. The third kappa shape index (κ3) is 4.26. The van der Waals surface area contributed by atoms with E-state index in [0.717, 1.165) is 37.0 Å². The number of allylic oxidation sites excluding steroid dienone is 1. The van der Waals surface area contributed by atoms with Crippen molar-refractivity contribution >= 4 is 41.0 Å². The van der Waals surface area contributed by atoms with Crippen LogP contribution in [0.5, 0.6) is 5.75 Å². The van der Waals surface area contributed by atoms with Crippen molar-refractivity contribution in [1.29, 1.82) is 0 Å². The van der Waals surface area contributed by atoms with Crippen LogP contribution < -0.4 is 9.64 Å². The molecule has 3 amide bonds. The molecule has 2 atom stereocenters. The standard InChI is InChI=1S/C26H27ClN2O3S/c1-2-32-20-14-12-19(13-15-20)29-24(30)23-21-6-4-3-5-7-22(21)33-25(23)28(26(29)31)16-17-8-10-18(27)11-9-17/h8-15,23,25H,2-7,16H2,1H3. The van der Waals surface area contributed by atoms with Crippen molar-refractivity contribution in [2.45, 2.75) is 50.9 Å².